The van der Waals surface area contributed by atoms with Crippen molar-refractivity contribution in [2.24, 2.45) is 0 Å². The van der Waals surface area contributed by atoms with Crippen LogP contribution in [0, 0.1) is 0 Å². The van der Waals surface area contributed by atoms with E-state index in [4.69, 9.17) is 18.9 Å². The number of esters is 1. The summed E-state index contributed by atoms with van der Waals surface area (Å²) in [6, 6.07) is 8.38. The van der Waals surface area contributed by atoms with Crippen LogP contribution in [0.2, 0.25) is 0 Å². The first-order valence-electron chi connectivity index (χ1n) is 8.05. The average molecular weight is 351 g/mol. The quantitative estimate of drug-likeness (QED) is 0.753. The van der Waals surface area contributed by atoms with E-state index in [0.29, 0.717) is 0 Å². The van der Waals surface area contributed by atoms with E-state index in [1.54, 1.807) is 0 Å². The summed E-state index contributed by atoms with van der Waals surface area (Å²) < 4.78 is 22.5. The first kappa shape index (κ1) is 17.8. The van der Waals surface area contributed by atoms with Gasteiger partial charge in [0.05, 0.1) is 6.61 Å². The van der Waals surface area contributed by atoms with E-state index in [0.717, 1.165) is 5.56 Å². The molecule has 2 unspecified atom stereocenters. The number of benzene rings is 1. The Morgan fingerprint density at radius 1 is 1.20 bits per heavy atom. The van der Waals surface area contributed by atoms with Crippen molar-refractivity contribution in [1.82, 2.24) is 5.32 Å². The van der Waals surface area contributed by atoms with Gasteiger partial charge in [-0.15, -0.1) is 0 Å². The van der Waals surface area contributed by atoms with Crippen LogP contribution < -0.4 is 5.32 Å². The van der Waals surface area contributed by atoms with Crippen LogP contribution in [0.3, 0.4) is 0 Å². The van der Waals surface area contributed by atoms with Crippen molar-refractivity contribution in [2.45, 2.75) is 50.8 Å². The lowest BCUT2D eigenvalue weighted by atomic mass is 9.95. The molecule has 1 amide bonds. The lowest BCUT2D eigenvalue weighted by molar-refractivity contribution is -0.338. The first-order valence-corrected chi connectivity index (χ1v) is 8.05. The highest BCUT2D eigenvalue weighted by molar-refractivity contribution is 5.73. The number of carbonyl (C=O) groups excluding carboxylic acids is 2. The highest BCUT2D eigenvalue weighted by Gasteiger charge is 2.51. The second-order valence-electron chi connectivity index (χ2n) is 6.04. The van der Waals surface area contributed by atoms with Gasteiger partial charge in [-0.1, -0.05) is 30.3 Å². The van der Waals surface area contributed by atoms with Crippen molar-refractivity contribution in [3.8, 4) is 0 Å². The number of nitrogens with one attached hydrogen (secondary N) is 1. The molecule has 8 nitrogen and oxygen atoms in total. The van der Waals surface area contributed by atoms with Gasteiger partial charge in [0.25, 0.3) is 0 Å². The van der Waals surface area contributed by atoms with Gasteiger partial charge in [0.15, 0.2) is 18.7 Å². The van der Waals surface area contributed by atoms with Crippen molar-refractivity contribution < 1.29 is 33.6 Å². The summed E-state index contributed by atoms with van der Waals surface area (Å²) >= 11 is 0. The van der Waals surface area contributed by atoms with Crippen molar-refractivity contribution in [3.05, 3.63) is 35.9 Å². The number of aliphatic hydroxyl groups is 1. The fourth-order valence-electron chi connectivity index (χ4n) is 3.09. The maximum atomic E-state index is 11.5. The van der Waals surface area contributed by atoms with E-state index in [9.17, 15) is 14.7 Å². The van der Waals surface area contributed by atoms with Crippen LogP contribution in [0.5, 0.6) is 0 Å². The molecule has 2 saturated heterocycles. The third-order valence-corrected chi connectivity index (χ3v) is 4.10. The molecule has 136 valence electrons. The molecule has 0 aromatic heterocycles. The van der Waals surface area contributed by atoms with Crippen molar-refractivity contribution >= 4 is 11.9 Å². The maximum Gasteiger partial charge on any atom is 0.303 e. The zero-order valence-corrected chi connectivity index (χ0v) is 14.0. The van der Waals surface area contributed by atoms with Crippen molar-refractivity contribution in [1.29, 1.82) is 0 Å². The summed E-state index contributed by atoms with van der Waals surface area (Å²) in [5.41, 5.74) is 0.810. The minimum absolute atomic E-state index is 0.159. The Morgan fingerprint density at radius 2 is 1.92 bits per heavy atom. The predicted octanol–water partition coefficient (Wildman–Crippen LogP) is 0.254. The summed E-state index contributed by atoms with van der Waals surface area (Å²) in [5.74, 6) is -0.922. The molecule has 1 aromatic carbocycles. The molecule has 1 aromatic rings. The fraction of sp³-hybridized carbons (Fsp3) is 0.529. The molecular formula is C17H21NO7. The Labute approximate surface area is 145 Å². The van der Waals surface area contributed by atoms with Gasteiger partial charge >= 0.3 is 5.97 Å². The van der Waals surface area contributed by atoms with Crippen molar-refractivity contribution in [3.63, 3.8) is 0 Å². The molecule has 0 bridgehead atoms. The van der Waals surface area contributed by atoms with Crippen LogP contribution in [-0.2, 0) is 28.5 Å². The number of fused-ring (bicyclic) bond motifs is 1. The summed E-state index contributed by atoms with van der Waals surface area (Å²) in [6.45, 7) is 2.72. The van der Waals surface area contributed by atoms with Crippen molar-refractivity contribution in [2.75, 3.05) is 6.61 Å². The van der Waals surface area contributed by atoms with Gasteiger partial charge in [-0.05, 0) is 0 Å². The van der Waals surface area contributed by atoms with E-state index in [1.807, 2.05) is 30.3 Å². The third-order valence-electron chi connectivity index (χ3n) is 4.10. The van der Waals surface area contributed by atoms with Crippen LogP contribution >= 0.6 is 0 Å². The molecule has 0 spiro atoms. The second-order valence-corrected chi connectivity index (χ2v) is 6.04. The van der Waals surface area contributed by atoms with Gasteiger partial charge in [-0.3, -0.25) is 9.59 Å². The largest absolute Gasteiger partial charge is 0.457 e. The minimum atomic E-state index is -1.34. The molecule has 2 N–H and O–H groups in total. The lowest BCUT2D eigenvalue weighted by Gasteiger charge is -2.47. The van der Waals surface area contributed by atoms with Crippen LogP contribution in [0.25, 0.3) is 0 Å². The molecular weight excluding hydrogens is 330 g/mol. The topological polar surface area (TPSA) is 103 Å². The number of amides is 1. The Kier molecular flexibility index (Phi) is 5.33. The molecule has 25 heavy (non-hydrogen) atoms. The SMILES string of the molecule is CC(=O)N[C@H]1C(O)O[C@@H]2COC(c3ccccc3)O[C@@H]2[C@@H]1OC(C)=O. The summed E-state index contributed by atoms with van der Waals surface area (Å²) in [5, 5.41) is 12.7. The summed E-state index contributed by atoms with van der Waals surface area (Å²) in [7, 11) is 0. The Morgan fingerprint density at radius 3 is 2.56 bits per heavy atom. The number of carbonyl (C=O) groups is 2. The lowest BCUT2D eigenvalue weighted by Crippen LogP contribution is -2.67. The molecule has 6 atom stereocenters. The number of ether oxygens (including phenoxy) is 4. The summed E-state index contributed by atoms with van der Waals surface area (Å²) in [4.78, 5) is 23.0. The van der Waals surface area contributed by atoms with Crippen LogP contribution in [0.1, 0.15) is 25.7 Å². The van der Waals surface area contributed by atoms with Gasteiger partial charge in [0.1, 0.15) is 18.2 Å². The van der Waals surface area contributed by atoms with E-state index >= 15 is 0 Å². The highest BCUT2D eigenvalue weighted by Crippen LogP contribution is 2.34. The average Bonchev–Trinajstić information content (AvgIpc) is 2.58. The zero-order chi connectivity index (χ0) is 18.0. The Bertz CT molecular complexity index is 623. The van der Waals surface area contributed by atoms with E-state index < -0.39 is 42.9 Å². The van der Waals surface area contributed by atoms with Gasteiger partial charge in [0.2, 0.25) is 5.91 Å². The smallest absolute Gasteiger partial charge is 0.303 e. The molecule has 0 saturated carbocycles. The maximum absolute atomic E-state index is 11.5. The van der Waals surface area contributed by atoms with Gasteiger partial charge in [0, 0.05) is 19.4 Å². The van der Waals surface area contributed by atoms with Crippen LogP contribution in [0.4, 0.5) is 0 Å². The van der Waals surface area contributed by atoms with Crippen LogP contribution in [-0.4, -0.2) is 54.2 Å². The number of rotatable bonds is 3. The number of hydrogen-bond donors (Lipinski definition) is 2. The van der Waals surface area contributed by atoms with E-state index in [-0.39, 0.29) is 12.5 Å². The minimum Gasteiger partial charge on any atom is -0.457 e. The van der Waals surface area contributed by atoms with Gasteiger partial charge < -0.3 is 29.4 Å². The molecule has 8 heteroatoms. The van der Waals surface area contributed by atoms with Gasteiger partial charge in [-0.2, -0.15) is 0 Å². The Hall–Kier alpha value is -2.00. The van der Waals surface area contributed by atoms with E-state index in [1.165, 1.54) is 13.8 Å². The fourth-order valence-corrected chi connectivity index (χ4v) is 3.09. The molecule has 2 aliphatic rings. The normalized spacial score (nSPS) is 34.7. The monoisotopic (exact) mass is 351 g/mol. The number of aliphatic hydroxyl groups excluding tert-OH is 1. The molecule has 2 fully saturated rings. The molecule has 0 aliphatic carbocycles. The standard InChI is InChI=1S/C17H21NO7/c1-9(19)18-13-15(23-10(2)20)14-12(24-16(13)21)8-22-17(25-14)11-6-4-3-5-7-11/h3-7,12-17,21H,8H2,1-2H3,(H,18,19)/t12-,13-,14+,15-,16?,17?/m1/s1. The van der Waals surface area contributed by atoms with Crippen LogP contribution in [0.15, 0.2) is 30.3 Å². The Balaban J connectivity index is 1.84. The predicted molar refractivity (Wildman–Crippen MR) is 84.0 cm³/mol. The number of hydrogen-bond acceptors (Lipinski definition) is 7. The zero-order valence-electron chi connectivity index (χ0n) is 14.0. The molecule has 3 rings (SSSR count). The summed E-state index contributed by atoms with van der Waals surface area (Å²) in [6.07, 6.45) is -4.20. The third kappa shape index (κ3) is 3.98. The highest BCUT2D eigenvalue weighted by atomic mass is 16.7. The second kappa shape index (κ2) is 7.49. The molecule has 2 aliphatic heterocycles. The van der Waals surface area contributed by atoms with E-state index in [2.05, 4.69) is 5.32 Å². The van der Waals surface area contributed by atoms with Gasteiger partial charge in [-0.25, -0.2) is 0 Å². The molecule has 2 heterocycles. The first-order chi connectivity index (χ1) is 12.0. The molecule has 0 radical (unpaired) electrons.